The molecule has 0 spiro atoms. The van der Waals surface area contributed by atoms with Crippen LogP contribution in [0.4, 0.5) is 5.69 Å². The van der Waals surface area contributed by atoms with E-state index in [1.54, 1.807) is 0 Å². The van der Waals surface area contributed by atoms with Gasteiger partial charge in [0.2, 0.25) is 5.78 Å². The molecular formula is C10H7N3O4. The molecule has 0 amide bonds. The van der Waals surface area contributed by atoms with E-state index in [1.165, 1.54) is 30.5 Å². The van der Waals surface area contributed by atoms with Crippen molar-refractivity contribution in [3.63, 3.8) is 0 Å². The van der Waals surface area contributed by atoms with E-state index >= 15 is 0 Å². The van der Waals surface area contributed by atoms with Crippen molar-refractivity contribution in [1.29, 1.82) is 0 Å². The fourth-order valence-corrected chi connectivity index (χ4v) is 1.34. The summed E-state index contributed by atoms with van der Waals surface area (Å²) in [6.07, 6.45) is 1.26. The van der Waals surface area contributed by atoms with Crippen LogP contribution in [0, 0.1) is 10.1 Å². The Morgan fingerprint density at radius 2 is 1.88 bits per heavy atom. The Kier molecular flexibility index (Phi) is 2.57. The molecule has 0 atom stereocenters. The van der Waals surface area contributed by atoms with Crippen LogP contribution in [0.2, 0.25) is 0 Å². The molecule has 0 radical (unpaired) electrons. The Labute approximate surface area is 94.3 Å². The van der Waals surface area contributed by atoms with Gasteiger partial charge in [-0.1, -0.05) is 0 Å². The van der Waals surface area contributed by atoms with E-state index in [0.717, 1.165) is 0 Å². The molecular weight excluding hydrogens is 226 g/mol. The van der Waals surface area contributed by atoms with E-state index in [9.17, 15) is 19.7 Å². The van der Waals surface area contributed by atoms with Gasteiger partial charge in [-0.2, -0.15) is 0 Å². The first kappa shape index (κ1) is 10.8. The second kappa shape index (κ2) is 4.05. The summed E-state index contributed by atoms with van der Waals surface area (Å²) < 4.78 is 0. The predicted molar refractivity (Wildman–Crippen MR) is 57.9 cm³/mol. The minimum atomic E-state index is -0.549. The van der Waals surface area contributed by atoms with E-state index in [0.29, 0.717) is 0 Å². The Hall–Kier alpha value is -2.70. The van der Waals surface area contributed by atoms with Crippen molar-refractivity contribution in [1.82, 2.24) is 9.97 Å². The predicted octanol–water partition coefficient (Wildman–Crippen LogP) is 0.842. The van der Waals surface area contributed by atoms with E-state index in [4.69, 9.17) is 0 Å². The first-order valence-electron chi connectivity index (χ1n) is 4.65. The maximum Gasteiger partial charge on any atom is 0.323 e. The van der Waals surface area contributed by atoms with Crippen LogP contribution in [0.3, 0.4) is 0 Å². The lowest BCUT2D eigenvalue weighted by molar-refractivity contribution is -0.384. The lowest BCUT2D eigenvalue weighted by Gasteiger charge is -1.97. The molecule has 0 bridgehead atoms. The van der Waals surface area contributed by atoms with Crippen LogP contribution < -0.4 is 5.69 Å². The van der Waals surface area contributed by atoms with Crippen molar-refractivity contribution in [3.05, 3.63) is 62.3 Å². The molecule has 2 N–H and O–H groups in total. The monoisotopic (exact) mass is 233 g/mol. The average molecular weight is 233 g/mol. The number of rotatable bonds is 3. The number of hydrogen-bond acceptors (Lipinski definition) is 4. The summed E-state index contributed by atoms with van der Waals surface area (Å²) in [5.41, 5.74) is -0.186. The van der Waals surface area contributed by atoms with Crippen molar-refractivity contribution in [2.45, 2.75) is 0 Å². The maximum absolute atomic E-state index is 11.8. The van der Waals surface area contributed by atoms with Crippen molar-refractivity contribution in [2.75, 3.05) is 0 Å². The first-order valence-corrected chi connectivity index (χ1v) is 4.65. The van der Waals surface area contributed by atoms with Crippen LogP contribution in [0.15, 0.2) is 35.3 Å². The zero-order valence-corrected chi connectivity index (χ0v) is 8.47. The zero-order chi connectivity index (χ0) is 12.4. The van der Waals surface area contributed by atoms with Crippen LogP contribution in [0.25, 0.3) is 0 Å². The van der Waals surface area contributed by atoms with E-state index in [2.05, 4.69) is 9.97 Å². The molecule has 1 aromatic carbocycles. The Bertz CT molecular complexity index is 624. The summed E-state index contributed by atoms with van der Waals surface area (Å²) >= 11 is 0. The molecule has 1 aromatic heterocycles. The summed E-state index contributed by atoms with van der Waals surface area (Å²) in [7, 11) is 0. The van der Waals surface area contributed by atoms with Crippen molar-refractivity contribution < 1.29 is 9.72 Å². The molecule has 7 nitrogen and oxygen atoms in total. The highest BCUT2D eigenvalue weighted by Crippen LogP contribution is 2.13. The third kappa shape index (κ3) is 2.12. The summed E-state index contributed by atoms with van der Waals surface area (Å²) in [6, 6.07) is 5.15. The minimum absolute atomic E-state index is 0.0934. The number of carbonyl (C=O) groups is 1. The van der Waals surface area contributed by atoms with Gasteiger partial charge < -0.3 is 9.97 Å². The molecule has 86 valence electrons. The molecule has 7 heteroatoms. The third-order valence-electron chi connectivity index (χ3n) is 2.18. The molecule has 0 fully saturated rings. The Morgan fingerprint density at radius 3 is 2.35 bits per heavy atom. The molecule has 0 aliphatic carbocycles. The molecule has 0 unspecified atom stereocenters. The van der Waals surface area contributed by atoms with Gasteiger partial charge in [-0.3, -0.25) is 14.9 Å². The number of nitrogens with one attached hydrogen (secondary N) is 2. The topological polar surface area (TPSA) is 109 Å². The van der Waals surface area contributed by atoms with Gasteiger partial charge in [0, 0.05) is 23.9 Å². The second-order valence-electron chi connectivity index (χ2n) is 3.29. The SMILES string of the molecule is O=C(c1ccc([N+](=O)[O-])cc1)c1c[nH]c(=O)[nH]1. The van der Waals surface area contributed by atoms with Gasteiger partial charge >= 0.3 is 5.69 Å². The maximum atomic E-state index is 11.8. The number of carbonyl (C=O) groups excluding carboxylic acids is 1. The first-order chi connectivity index (χ1) is 8.08. The van der Waals surface area contributed by atoms with Crippen LogP contribution in [-0.2, 0) is 0 Å². The molecule has 17 heavy (non-hydrogen) atoms. The molecule has 2 rings (SSSR count). The van der Waals surface area contributed by atoms with E-state index in [-0.39, 0.29) is 16.9 Å². The van der Waals surface area contributed by atoms with Crippen molar-refractivity contribution in [2.24, 2.45) is 0 Å². The fraction of sp³-hybridized carbons (Fsp3) is 0. The lowest BCUT2D eigenvalue weighted by atomic mass is 10.1. The van der Waals surface area contributed by atoms with Gasteiger partial charge in [-0.15, -0.1) is 0 Å². The summed E-state index contributed by atoms with van der Waals surface area (Å²) in [6.45, 7) is 0. The van der Waals surface area contributed by atoms with Gasteiger partial charge in [-0.25, -0.2) is 4.79 Å². The van der Waals surface area contributed by atoms with E-state index < -0.39 is 16.4 Å². The molecule has 0 saturated carbocycles. The van der Waals surface area contributed by atoms with Crippen LogP contribution in [0.5, 0.6) is 0 Å². The number of nitro groups is 1. The summed E-state index contributed by atoms with van der Waals surface area (Å²) in [5.74, 6) is -0.404. The number of nitrogens with zero attached hydrogens (tertiary/aromatic N) is 1. The largest absolute Gasteiger partial charge is 0.323 e. The number of ketones is 1. The highest BCUT2D eigenvalue weighted by atomic mass is 16.6. The molecule has 0 saturated heterocycles. The number of H-pyrrole nitrogens is 2. The molecule has 0 aliphatic heterocycles. The van der Waals surface area contributed by atoms with Gasteiger partial charge in [0.1, 0.15) is 5.69 Å². The standard InChI is InChI=1S/C10H7N3O4/c14-9(8-5-11-10(15)12-8)6-1-3-7(4-2-6)13(16)17/h1-5H,(H2,11,12,15). The van der Waals surface area contributed by atoms with Gasteiger partial charge in [0.05, 0.1) is 4.92 Å². The number of non-ortho nitro benzene ring substituents is 1. The number of nitro benzene ring substituents is 1. The van der Waals surface area contributed by atoms with Crippen LogP contribution in [-0.4, -0.2) is 20.7 Å². The number of aromatic nitrogens is 2. The molecule has 0 aliphatic rings. The summed E-state index contributed by atoms with van der Waals surface area (Å²) in [4.78, 5) is 37.1. The smallest absolute Gasteiger partial charge is 0.312 e. The average Bonchev–Trinajstić information content (AvgIpc) is 2.75. The normalized spacial score (nSPS) is 10.1. The van der Waals surface area contributed by atoms with Gasteiger partial charge in [0.25, 0.3) is 5.69 Å². The molecule has 2 aromatic rings. The number of imidazole rings is 1. The highest BCUT2D eigenvalue weighted by molar-refractivity contribution is 6.07. The molecule has 1 heterocycles. The quantitative estimate of drug-likeness (QED) is 0.465. The fourth-order valence-electron chi connectivity index (χ4n) is 1.34. The van der Waals surface area contributed by atoms with E-state index in [1.807, 2.05) is 0 Å². The summed E-state index contributed by atoms with van der Waals surface area (Å²) in [5, 5.41) is 10.4. The Morgan fingerprint density at radius 1 is 1.24 bits per heavy atom. The third-order valence-corrected chi connectivity index (χ3v) is 2.18. The lowest BCUT2D eigenvalue weighted by Crippen LogP contribution is -2.06. The minimum Gasteiger partial charge on any atom is -0.312 e. The zero-order valence-electron chi connectivity index (χ0n) is 8.47. The van der Waals surface area contributed by atoms with Gasteiger partial charge in [-0.05, 0) is 12.1 Å². The van der Waals surface area contributed by atoms with Crippen LogP contribution in [0.1, 0.15) is 16.1 Å². The van der Waals surface area contributed by atoms with Crippen molar-refractivity contribution in [3.8, 4) is 0 Å². The number of benzene rings is 1. The Balaban J connectivity index is 2.32. The number of aromatic amines is 2. The van der Waals surface area contributed by atoms with Crippen LogP contribution >= 0.6 is 0 Å². The van der Waals surface area contributed by atoms with Gasteiger partial charge in [0.15, 0.2) is 0 Å². The van der Waals surface area contributed by atoms with Crippen molar-refractivity contribution >= 4 is 11.5 Å². The number of hydrogen-bond donors (Lipinski definition) is 2. The second-order valence-corrected chi connectivity index (χ2v) is 3.29. The highest BCUT2D eigenvalue weighted by Gasteiger charge is 2.12.